The fourth-order valence-electron chi connectivity index (χ4n) is 2.57. The van der Waals surface area contributed by atoms with Crippen molar-refractivity contribution in [3.05, 3.63) is 22.2 Å². The first kappa shape index (κ1) is 17.6. The first-order chi connectivity index (χ1) is 10.9. The number of benzene rings is 1. The first-order valence-corrected chi connectivity index (χ1v) is 8.33. The Kier molecular flexibility index (Phi) is 5.51. The van der Waals surface area contributed by atoms with Gasteiger partial charge in [-0.25, -0.2) is 0 Å². The van der Waals surface area contributed by atoms with E-state index in [9.17, 15) is 9.59 Å². The maximum atomic E-state index is 12.6. The summed E-state index contributed by atoms with van der Waals surface area (Å²) in [5.41, 5.74) is -0.361. The second kappa shape index (κ2) is 7.21. The number of aliphatic carboxylic acids is 1. The van der Waals surface area contributed by atoms with Crippen LogP contribution < -0.4 is 14.8 Å². The van der Waals surface area contributed by atoms with Gasteiger partial charge >= 0.3 is 5.97 Å². The molecule has 0 atom stereocenters. The number of rotatable bonds is 6. The molecule has 0 saturated carbocycles. The number of carboxylic acids is 1. The second-order valence-electron chi connectivity index (χ2n) is 5.49. The van der Waals surface area contributed by atoms with E-state index in [2.05, 4.69) is 21.2 Å². The van der Waals surface area contributed by atoms with Crippen LogP contribution in [0, 0.1) is 0 Å². The Bertz CT molecular complexity index is 613. The van der Waals surface area contributed by atoms with Crippen molar-refractivity contribution in [2.24, 2.45) is 0 Å². The van der Waals surface area contributed by atoms with Gasteiger partial charge in [-0.3, -0.25) is 9.59 Å². The molecule has 1 heterocycles. The van der Waals surface area contributed by atoms with Crippen molar-refractivity contribution in [2.75, 3.05) is 13.2 Å². The van der Waals surface area contributed by atoms with Crippen molar-refractivity contribution < 1.29 is 24.2 Å². The van der Waals surface area contributed by atoms with E-state index in [-0.39, 0.29) is 12.3 Å². The second-order valence-corrected chi connectivity index (χ2v) is 6.35. The van der Waals surface area contributed by atoms with Crippen LogP contribution in [0.3, 0.4) is 0 Å². The van der Waals surface area contributed by atoms with Crippen LogP contribution in [0.1, 0.15) is 43.5 Å². The molecule has 1 aromatic carbocycles. The Hall–Kier alpha value is -1.76. The fourth-order valence-corrected chi connectivity index (χ4v) is 3.12. The standard InChI is InChI=1S/C16H20BrNO5/c1-3-16(4-2,9-13(19)20)18-15(21)10-7-11(17)14-12(8-10)22-5-6-23-14/h7-8H,3-6,9H2,1-2H3,(H,18,21)(H,19,20). The largest absolute Gasteiger partial charge is 0.486 e. The normalized spacial score (nSPS) is 13.5. The van der Waals surface area contributed by atoms with Crippen molar-refractivity contribution in [3.63, 3.8) is 0 Å². The van der Waals surface area contributed by atoms with E-state index in [1.54, 1.807) is 12.1 Å². The summed E-state index contributed by atoms with van der Waals surface area (Å²) in [7, 11) is 0. The summed E-state index contributed by atoms with van der Waals surface area (Å²) in [5, 5.41) is 12.0. The van der Waals surface area contributed by atoms with Crippen molar-refractivity contribution in [1.29, 1.82) is 0 Å². The van der Waals surface area contributed by atoms with Crippen molar-refractivity contribution in [3.8, 4) is 11.5 Å². The molecule has 0 radical (unpaired) electrons. The van der Waals surface area contributed by atoms with Crippen LogP contribution in [0.5, 0.6) is 11.5 Å². The number of amides is 1. The van der Waals surface area contributed by atoms with Crippen LogP contribution in [0.15, 0.2) is 16.6 Å². The smallest absolute Gasteiger partial charge is 0.305 e. The third-order valence-electron chi connectivity index (χ3n) is 4.08. The van der Waals surface area contributed by atoms with Gasteiger partial charge in [-0.15, -0.1) is 0 Å². The maximum Gasteiger partial charge on any atom is 0.305 e. The quantitative estimate of drug-likeness (QED) is 0.785. The third kappa shape index (κ3) is 3.96. The monoisotopic (exact) mass is 385 g/mol. The average Bonchev–Trinajstić information content (AvgIpc) is 2.53. The van der Waals surface area contributed by atoms with Gasteiger partial charge < -0.3 is 19.9 Å². The van der Waals surface area contributed by atoms with Crippen LogP contribution in [0.25, 0.3) is 0 Å². The van der Waals surface area contributed by atoms with Gasteiger partial charge in [0, 0.05) is 5.56 Å². The SMILES string of the molecule is CCC(CC)(CC(=O)O)NC(=O)c1cc(Br)c2c(c1)OCCO2. The summed E-state index contributed by atoms with van der Waals surface area (Å²) in [6, 6.07) is 3.27. The summed E-state index contributed by atoms with van der Waals surface area (Å²) in [6.45, 7) is 4.63. The number of ether oxygens (including phenoxy) is 2. The fraction of sp³-hybridized carbons (Fsp3) is 0.500. The molecule has 0 aromatic heterocycles. The number of carbonyl (C=O) groups is 2. The molecule has 1 aliphatic rings. The zero-order chi connectivity index (χ0) is 17.0. The van der Waals surface area contributed by atoms with Crippen molar-refractivity contribution in [2.45, 2.75) is 38.6 Å². The van der Waals surface area contributed by atoms with Crippen molar-refractivity contribution in [1.82, 2.24) is 5.32 Å². The van der Waals surface area contributed by atoms with Crippen LogP contribution in [-0.2, 0) is 4.79 Å². The lowest BCUT2D eigenvalue weighted by Gasteiger charge is -2.31. The van der Waals surface area contributed by atoms with E-state index >= 15 is 0 Å². The zero-order valence-electron chi connectivity index (χ0n) is 13.1. The Balaban J connectivity index is 2.26. The van der Waals surface area contributed by atoms with Gasteiger partial charge in [0.25, 0.3) is 5.91 Å². The number of carbonyl (C=O) groups excluding carboxylic acids is 1. The van der Waals surface area contributed by atoms with Gasteiger partial charge in [0.05, 0.1) is 16.4 Å². The maximum absolute atomic E-state index is 12.6. The molecule has 6 nitrogen and oxygen atoms in total. The molecule has 0 saturated heterocycles. The molecule has 1 aromatic rings. The first-order valence-electron chi connectivity index (χ1n) is 7.54. The Morgan fingerprint density at radius 3 is 2.52 bits per heavy atom. The average molecular weight is 386 g/mol. The van der Waals surface area contributed by atoms with Crippen LogP contribution in [0.4, 0.5) is 0 Å². The summed E-state index contributed by atoms with van der Waals surface area (Å²) >= 11 is 3.38. The van der Waals surface area contributed by atoms with Gasteiger partial charge in [-0.1, -0.05) is 13.8 Å². The summed E-state index contributed by atoms with van der Waals surface area (Å²) < 4.78 is 11.7. The predicted octanol–water partition coefficient (Wildman–Crippen LogP) is 2.98. The molecule has 0 spiro atoms. The van der Waals surface area contributed by atoms with E-state index in [0.29, 0.717) is 47.6 Å². The lowest BCUT2D eigenvalue weighted by Crippen LogP contribution is -2.49. The number of hydrogen-bond acceptors (Lipinski definition) is 4. The number of nitrogens with one attached hydrogen (secondary N) is 1. The molecule has 0 fully saturated rings. The lowest BCUT2D eigenvalue weighted by molar-refractivity contribution is -0.138. The molecular formula is C16H20BrNO5. The predicted molar refractivity (Wildman–Crippen MR) is 88.2 cm³/mol. The van der Waals surface area contributed by atoms with E-state index < -0.39 is 11.5 Å². The highest BCUT2D eigenvalue weighted by atomic mass is 79.9. The minimum Gasteiger partial charge on any atom is -0.486 e. The van der Waals surface area contributed by atoms with E-state index in [4.69, 9.17) is 14.6 Å². The molecule has 2 N–H and O–H groups in total. The molecule has 7 heteroatoms. The highest BCUT2D eigenvalue weighted by molar-refractivity contribution is 9.10. The highest BCUT2D eigenvalue weighted by Gasteiger charge is 2.32. The molecule has 1 amide bonds. The third-order valence-corrected chi connectivity index (χ3v) is 4.67. The van der Waals surface area contributed by atoms with Crippen molar-refractivity contribution >= 4 is 27.8 Å². The topological polar surface area (TPSA) is 84.9 Å². The van der Waals surface area contributed by atoms with E-state index in [1.807, 2.05) is 13.8 Å². The molecule has 126 valence electrons. The Morgan fingerprint density at radius 2 is 1.91 bits per heavy atom. The summed E-state index contributed by atoms with van der Waals surface area (Å²) in [4.78, 5) is 23.7. The molecule has 1 aliphatic heterocycles. The van der Waals surface area contributed by atoms with Crippen LogP contribution in [-0.4, -0.2) is 35.7 Å². The van der Waals surface area contributed by atoms with E-state index in [0.717, 1.165) is 0 Å². The Morgan fingerprint density at radius 1 is 1.26 bits per heavy atom. The van der Waals surface area contributed by atoms with Gasteiger partial charge in [0.2, 0.25) is 0 Å². The lowest BCUT2D eigenvalue weighted by atomic mass is 9.88. The molecule has 0 unspecified atom stereocenters. The molecule has 23 heavy (non-hydrogen) atoms. The minimum atomic E-state index is -0.933. The zero-order valence-corrected chi connectivity index (χ0v) is 14.7. The van der Waals surface area contributed by atoms with Gasteiger partial charge in [0.1, 0.15) is 13.2 Å². The highest BCUT2D eigenvalue weighted by Crippen LogP contribution is 2.38. The van der Waals surface area contributed by atoms with Gasteiger partial charge in [-0.2, -0.15) is 0 Å². The van der Waals surface area contributed by atoms with Crippen LogP contribution >= 0.6 is 15.9 Å². The van der Waals surface area contributed by atoms with Gasteiger partial charge in [0.15, 0.2) is 11.5 Å². The number of carboxylic acid groups (broad SMARTS) is 1. The Labute approximate surface area is 143 Å². The molecule has 0 bridgehead atoms. The molecule has 2 rings (SSSR count). The van der Waals surface area contributed by atoms with Crippen LogP contribution in [0.2, 0.25) is 0 Å². The number of hydrogen-bond donors (Lipinski definition) is 2. The minimum absolute atomic E-state index is 0.114. The summed E-state index contributed by atoms with van der Waals surface area (Å²) in [5.74, 6) is -0.173. The molecule has 0 aliphatic carbocycles. The number of fused-ring (bicyclic) bond motifs is 1. The summed E-state index contributed by atoms with van der Waals surface area (Å²) in [6.07, 6.45) is 0.956. The number of halogens is 1. The van der Waals surface area contributed by atoms with Gasteiger partial charge in [-0.05, 0) is 40.9 Å². The van der Waals surface area contributed by atoms with E-state index in [1.165, 1.54) is 0 Å². The molecular weight excluding hydrogens is 366 g/mol.